The molecule has 0 heterocycles. The van der Waals surface area contributed by atoms with E-state index in [-0.39, 0.29) is 6.10 Å². The van der Waals surface area contributed by atoms with Crippen molar-refractivity contribution < 1.29 is 9.90 Å². The van der Waals surface area contributed by atoms with Crippen molar-refractivity contribution in [3.8, 4) is 0 Å². The van der Waals surface area contributed by atoms with Gasteiger partial charge in [0, 0.05) is 6.04 Å². The molecular formula is C20H33NO2. The zero-order valence-corrected chi connectivity index (χ0v) is 14.8. The molecule has 0 radical (unpaired) electrons. The monoisotopic (exact) mass is 319 g/mol. The van der Waals surface area contributed by atoms with Gasteiger partial charge in [0.1, 0.15) is 0 Å². The largest absolute Gasteiger partial charge is 0.393 e. The molecule has 0 saturated heterocycles. The summed E-state index contributed by atoms with van der Waals surface area (Å²) >= 11 is 0. The number of carbonyl (C=O) groups excluding carboxylic acids is 1. The maximum atomic E-state index is 11.0. The van der Waals surface area contributed by atoms with E-state index in [1.807, 2.05) is 0 Å². The number of nitrogens with one attached hydrogen (secondary N) is 1. The first-order valence-electron chi connectivity index (χ1n) is 9.87. The summed E-state index contributed by atoms with van der Waals surface area (Å²) in [5, 5.41) is 13.2. The van der Waals surface area contributed by atoms with E-state index in [1.165, 1.54) is 44.9 Å². The third-order valence-electron chi connectivity index (χ3n) is 8.91. The molecule has 3 heteroatoms. The van der Waals surface area contributed by atoms with Crippen molar-refractivity contribution in [1.82, 2.24) is 5.32 Å². The zero-order valence-electron chi connectivity index (χ0n) is 14.8. The van der Waals surface area contributed by atoms with Gasteiger partial charge in [-0.1, -0.05) is 13.8 Å². The Morgan fingerprint density at radius 2 is 1.70 bits per heavy atom. The third-order valence-corrected chi connectivity index (χ3v) is 8.91. The van der Waals surface area contributed by atoms with E-state index in [0.29, 0.717) is 16.9 Å². The molecule has 0 spiro atoms. The van der Waals surface area contributed by atoms with E-state index in [2.05, 4.69) is 19.2 Å². The summed E-state index contributed by atoms with van der Waals surface area (Å²) in [4.78, 5) is 11.0. The lowest BCUT2D eigenvalue weighted by Gasteiger charge is -2.60. The Morgan fingerprint density at radius 1 is 0.957 bits per heavy atom. The number of amides is 1. The smallest absolute Gasteiger partial charge is 0.207 e. The topological polar surface area (TPSA) is 49.3 Å². The molecule has 4 aliphatic rings. The van der Waals surface area contributed by atoms with Crippen LogP contribution in [0.25, 0.3) is 0 Å². The standard InChI is InChI=1S/C20H33NO2/c1-19-9-7-14(23)11-13(19)3-4-15-16-5-6-18(21-12-22)20(16,2)10-8-17(15)19/h12-18,23H,3-11H2,1-2H3,(H,21,22)/t13-,14?,15?,16?,17?,18-,19-,20-/m0/s1. The molecule has 4 fully saturated rings. The molecule has 4 saturated carbocycles. The van der Waals surface area contributed by atoms with Gasteiger partial charge in [0.05, 0.1) is 6.10 Å². The molecule has 0 aromatic rings. The lowest BCUT2D eigenvalue weighted by Crippen LogP contribution is -2.55. The molecule has 2 N–H and O–H groups in total. The molecule has 4 rings (SSSR count). The number of hydrogen-bond donors (Lipinski definition) is 2. The van der Waals surface area contributed by atoms with Gasteiger partial charge in [-0.3, -0.25) is 4.79 Å². The highest BCUT2D eigenvalue weighted by Crippen LogP contribution is 2.66. The van der Waals surface area contributed by atoms with E-state index in [9.17, 15) is 9.90 Å². The number of fused-ring (bicyclic) bond motifs is 5. The molecule has 4 unspecified atom stereocenters. The quantitative estimate of drug-likeness (QED) is 0.765. The Morgan fingerprint density at radius 3 is 2.48 bits per heavy atom. The fourth-order valence-electron chi connectivity index (χ4n) is 7.59. The number of aliphatic hydroxyl groups excluding tert-OH is 1. The molecule has 0 aromatic heterocycles. The Bertz CT molecular complexity index is 480. The van der Waals surface area contributed by atoms with Crippen molar-refractivity contribution in [1.29, 1.82) is 0 Å². The predicted octanol–water partition coefficient (Wildman–Crippen LogP) is 3.50. The van der Waals surface area contributed by atoms with Crippen molar-refractivity contribution in [3.63, 3.8) is 0 Å². The van der Waals surface area contributed by atoms with Gasteiger partial charge < -0.3 is 10.4 Å². The van der Waals surface area contributed by atoms with Gasteiger partial charge in [-0.05, 0) is 92.3 Å². The van der Waals surface area contributed by atoms with Crippen molar-refractivity contribution in [2.75, 3.05) is 0 Å². The normalized spacial score (nSPS) is 55.4. The van der Waals surface area contributed by atoms with E-state index in [0.717, 1.165) is 42.9 Å². The summed E-state index contributed by atoms with van der Waals surface area (Å²) in [6, 6.07) is 0.393. The molecule has 4 aliphatic carbocycles. The highest BCUT2D eigenvalue weighted by Gasteiger charge is 2.60. The lowest BCUT2D eigenvalue weighted by molar-refractivity contribution is -0.126. The molecular weight excluding hydrogens is 286 g/mol. The van der Waals surface area contributed by atoms with Crippen LogP contribution in [0.4, 0.5) is 0 Å². The average Bonchev–Trinajstić information content (AvgIpc) is 2.85. The molecule has 0 aliphatic heterocycles. The maximum absolute atomic E-state index is 11.0. The van der Waals surface area contributed by atoms with Crippen molar-refractivity contribution in [2.24, 2.45) is 34.5 Å². The van der Waals surface area contributed by atoms with Gasteiger partial charge in [0.15, 0.2) is 0 Å². The van der Waals surface area contributed by atoms with Gasteiger partial charge in [0.2, 0.25) is 6.41 Å². The first-order valence-corrected chi connectivity index (χ1v) is 9.87. The zero-order chi connectivity index (χ0) is 16.2. The number of rotatable bonds is 2. The fourth-order valence-corrected chi connectivity index (χ4v) is 7.59. The van der Waals surface area contributed by atoms with Crippen molar-refractivity contribution in [2.45, 2.75) is 83.8 Å². The highest BCUT2D eigenvalue weighted by atomic mass is 16.3. The second-order valence-corrected chi connectivity index (χ2v) is 9.54. The first kappa shape index (κ1) is 15.9. The third kappa shape index (κ3) is 2.22. The number of carbonyl (C=O) groups is 1. The van der Waals surface area contributed by atoms with Crippen molar-refractivity contribution >= 4 is 6.41 Å². The SMILES string of the molecule is C[C@]12CCC3C(CC[C@H]4CC(O)CC[C@]34C)C1CC[C@@H]2NC=O. The van der Waals surface area contributed by atoms with Crippen LogP contribution in [0.5, 0.6) is 0 Å². The van der Waals surface area contributed by atoms with Gasteiger partial charge in [0.25, 0.3) is 0 Å². The van der Waals surface area contributed by atoms with E-state index >= 15 is 0 Å². The van der Waals surface area contributed by atoms with Crippen LogP contribution in [-0.4, -0.2) is 23.7 Å². The van der Waals surface area contributed by atoms with Crippen LogP contribution in [-0.2, 0) is 4.79 Å². The lowest BCUT2D eigenvalue weighted by atomic mass is 9.45. The maximum Gasteiger partial charge on any atom is 0.207 e. The van der Waals surface area contributed by atoms with Gasteiger partial charge >= 0.3 is 0 Å². The molecule has 130 valence electrons. The molecule has 8 atom stereocenters. The van der Waals surface area contributed by atoms with Gasteiger partial charge in [-0.15, -0.1) is 0 Å². The van der Waals surface area contributed by atoms with Crippen molar-refractivity contribution in [3.05, 3.63) is 0 Å². The Balaban J connectivity index is 1.59. The minimum absolute atomic E-state index is 0.0499. The summed E-state index contributed by atoms with van der Waals surface area (Å²) in [6.07, 6.45) is 11.9. The minimum atomic E-state index is -0.0499. The first-order chi connectivity index (χ1) is 11.0. The second-order valence-electron chi connectivity index (χ2n) is 9.54. The van der Waals surface area contributed by atoms with Gasteiger partial charge in [-0.25, -0.2) is 0 Å². The Kier molecular flexibility index (Phi) is 3.79. The van der Waals surface area contributed by atoms with Crippen LogP contribution in [0, 0.1) is 34.5 Å². The minimum Gasteiger partial charge on any atom is -0.393 e. The predicted molar refractivity (Wildman–Crippen MR) is 90.7 cm³/mol. The summed E-state index contributed by atoms with van der Waals surface area (Å²) in [6.45, 7) is 4.99. The number of hydrogen-bond acceptors (Lipinski definition) is 2. The van der Waals surface area contributed by atoms with Gasteiger partial charge in [-0.2, -0.15) is 0 Å². The van der Waals surface area contributed by atoms with Crippen LogP contribution < -0.4 is 5.32 Å². The molecule has 0 bridgehead atoms. The van der Waals surface area contributed by atoms with Crippen LogP contribution >= 0.6 is 0 Å². The molecule has 23 heavy (non-hydrogen) atoms. The summed E-state index contributed by atoms with van der Waals surface area (Å²) in [5.41, 5.74) is 0.777. The second kappa shape index (κ2) is 5.47. The van der Waals surface area contributed by atoms with E-state index < -0.39 is 0 Å². The van der Waals surface area contributed by atoms with Crippen LogP contribution in [0.1, 0.15) is 71.6 Å². The number of aliphatic hydroxyl groups is 1. The summed E-state index contributed by atoms with van der Waals surface area (Å²) in [5.74, 6) is 3.23. The summed E-state index contributed by atoms with van der Waals surface area (Å²) < 4.78 is 0. The average molecular weight is 319 g/mol. The highest BCUT2D eigenvalue weighted by molar-refractivity contribution is 5.47. The fraction of sp³-hybridized carbons (Fsp3) is 0.950. The molecule has 0 aromatic carbocycles. The van der Waals surface area contributed by atoms with Crippen LogP contribution in [0.2, 0.25) is 0 Å². The Hall–Kier alpha value is -0.570. The Labute approximate surface area is 140 Å². The van der Waals surface area contributed by atoms with Crippen LogP contribution in [0.15, 0.2) is 0 Å². The molecule has 1 amide bonds. The van der Waals surface area contributed by atoms with Crippen LogP contribution in [0.3, 0.4) is 0 Å². The van der Waals surface area contributed by atoms with E-state index in [4.69, 9.17) is 0 Å². The van der Waals surface area contributed by atoms with E-state index in [1.54, 1.807) is 0 Å². The summed E-state index contributed by atoms with van der Waals surface area (Å²) in [7, 11) is 0. The molecule has 3 nitrogen and oxygen atoms in total.